The summed E-state index contributed by atoms with van der Waals surface area (Å²) in [4.78, 5) is 27.9. The lowest BCUT2D eigenvalue weighted by Gasteiger charge is -2.26. The molecule has 0 aliphatic carbocycles. The predicted molar refractivity (Wildman–Crippen MR) is 122 cm³/mol. The second kappa shape index (κ2) is 9.04. The van der Waals surface area contributed by atoms with Crippen molar-refractivity contribution in [3.63, 3.8) is 0 Å². The number of likely N-dealkylation sites (tertiary alicyclic amines) is 1. The van der Waals surface area contributed by atoms with Crippen LogP contribution in [0.15, 0.2) is 72.8 Å². The van der Waals surface area contributed by atoms with Crippen LogP contribution in [0.5, 0.6) is 5.75 Å². The molecule has 5 heteroatoms. The number of nitrogens with one attached hydrogen (secondary N) is 1. The van der Waals surface area contributed by atoms with E-state index >= 15 is 0 Å². The molecule has 0 spiro atoms. The van der Waals surface area contributed by atoms with Gasteiger partial charge in [0.15, 0.2) is 0 Å². The molecule has 0 bridgehead atoms. The van der Waals surface area contributed by atoms with E-state index in [9.17, 15) is 9.59 Å². The highest BCUT2D eigenvalue weighted by Crippen LogP contribution is 2.34. The Bertz CT molecular complexity index is 1080. The van der Waals surface area contributed by atoms with Crippen LogP contribution >= 0.6 is 0 Å². The summed E-state index contributed by atoms with van der Waals surface area (Å²) < 4.78 is 5.25. The van der Waals surface area contributed by atoms with Crippen LogP contribution in [0, 0.1) is 6.92 Å². The Hall–Kier alpha value is -3.60. The van der Waals surface area contributed by atoms with Crippen LogP contribution in [-0.2, 0) is 0 Å². The SMILES string of the molecule is COc1ccc([C@@H]2CCCN2C(=O)c2ccc(C)c(NC(=O)c3ccccc3)c2)cc1. The molecule has 158 valence electrons. The van der Waals surface area contributed by atoms with Gasteiger partial charge in [-0.3, -0.25) is 9.59 Å². The summed E-state index contributed by atoms with van der Waals surface area (Å²) >= 11 is 0. The van der Waals surface area contributed by atoms with Gasteiger partial charge in [-0.15, -0.1) is 0 Å². The smallest absolute Gasteiger partial charge is 0.255 e. The third-order valence-electron chi connectivity index (χ3n) is 5.78. The highest BCUT2D eigenvalue weighted by atomic mass is 16.5. The maximum absolute atomic E-state index is 13.4. The summed E-state index contributed by atoms with van der Waals surface area (Å²) in [6.45, 7) is 2.64. The maximum atomic E-state index is 13.4. The quantitative estimate of drug-likeness (QED) is 0.622. The van der Waals surface area contributed by atoms with Gasteiger partial charge in [0.05, 0.1) is 13.2 Å². The Morgan fingerprint density at radius 2 is 1.71 bits per heavy atom. The van der Waals surface area contributed by atoms with Crippen molar-refractivity contribution < 1.29 is 14.3 Å². The number of rotatable bonds is 5. The number of aryl methyl sites for hydroxylation is 1. The van der Waals surface area contributed by atoms with Crippen molar-refractivity contribution in [1.82, 2.24) is 4.90 Å². The fourth-order valence-corrected chi connectivity index (χ4v) is 4.02. The molecule has 0 aromatic heterocycles. The van der Waals surface area contributed by atoms with E-state index < -0.39 is 0 Å². The van der Waals surface area contributed by atoms with E-state index in [1.54, 1.807) is 25.3 Å². The van der Waals surface area contributed by atoms with E-state index in [1.807, 2.05) is 66.4 Å². The average molecular weight is 415 g/mol. The molecule has 1 fully saturated rings. The first kappa shape index (κ1) is 20.7. The molecule has 2 amide bonds. The summed E-state index contributed by atoms with van der Waals surface area (Å²) in [5, 5.41) is 2.94. The normalized spacial score (nSPS) is 15.5. The fraction of sp³-hybridized carbons (Fsp3) is 0.231. The standard InChI is InChI=1S/C26H26N2O3/c1-18-10-11-21(17-23(18)27-25(29)20-7-4-3-5-8-20)26(30)28-16-6-9-24(28)19-12-14-22(31-2)15-13-19/h3-5,7-8,10-15,17,24H,6,9,16H2,1-2H3,(H,27,29)/t24-/m0/s1. The number of benzene rings is 3. The average Bonchev–Trinajstić information content (AvgIpc) is 3.30. The molecule has 0 saturated carbocycles. The summed E-state index contributed by atoms with van der Waals surface area (Å²) in [6.07, 6.45) is 1.90. The van der Waals surface area contributed by atoms with Gasteiger partial charge in [0.2, 0.25) is 0 Å². The highest BCUT2D eigenvalue weighted by Gasteiger charge is 2.30. The molecular formula is C26H26N2O3. The third-order valence-corrected chi connectivity index (χ3v) is 5.78. The van der Waals surface area contributed by atoms with Crippen LogP contribution in [0.4, 0.5) is 5.69 Å². The topological polar surface area (TPSA) is 58.6 Å². The Morgan fingerprint density at radius 3 is 2.42 bits per heavy atom. The van der Waals surface area contributed by atoms with Crippen molar-refractivity contribution in [2.45, 2.75) is 25.8 Å². The number of nitrogens with zero attached hydrogens (tertiary/aromatic N) is 1. The van der Waals surface area contributed by atoms with Gasteiger partial charge in [-0.05, 0) is 67.3 Å². The lowest BCUT2D eigenvalue weighted by molar-refractivity contribution is 0.0735. The molecule has 1 N–H and O–H groups in total. The molecule has 3 aromatic carbocycles. The van der Waals surface area contributed by atoms with Gasteiger partial charge in [0, 0.05) is 23.4 Å². The molecular weight excluding hydrogens is 388 g/mol. The van der Waals surface area contributed by atoms with Crippen LogP contribution in [0.3, 0.4) is 0 Å². The van der Waals surface area contributed by atoms with Crippen LogP contribution in [0.25, 0.3) is 0 Å². The minimum Gasteiger partial charge on any atom is -0.497 e. The number of methoxy groups -OCH3 is 1. The van der Waals surface area contributed by atoms with Crippen LogP contribution in [-0.4, -0.2) is 30.4 Å². The molecule has 1 saturated heterocycles. The summed E-state index contributed by atoms with van der Waals surface area (Å²) in [6, 6.07) is 22.5. The van der Waals surface area contributed by atoms with Crippen molar-refractivity contribution in [3.05, 3.63) is 95.1 Å². The van der Waals surface area contributed by atoms with Crippen LogP contribution in [0.1, 0.15) is 50.7 Å². The van der Waals surface area contributed by atoms with E-state index in [-0.39, 0.29) is 17.9 Å². The zero-order valence-corrected chi connectivity index (χ0v) is 17.8. The first-order valence-electron chi connectivity index (χ1n) is 10.5. The predicted octanol–water partition coefficient (Wildman–Crippen LogP) is 5.23. The Morgan fingerprint density at radius 1 is 0.968 bits per heavy atom. The molecule has 0 unspecified atom stereocenters. The number of carbonyl (C=O) groups is 2. The van der Waals surface area contributed by atoms with E-state index in [1.165, 1.54) is 0 Å². The summed E-state index contributed by atoms with van der Waals surface area (Å²) in [5.41, 5.74) is 3.83. The molecule has 1 aliphatic rings. The monoisotopic (exact) mass is 414 g/mol. The largest absolute Gasteiger partial charge is 0.497 e. The first-order chi connectivity index (χ1) is 15.1. The Kier molecular flexibility index (Phi) is 6.03. The van der Waals surface area contributed by atoms with Gasteiger partial charge in [-0.1, -0.05) is 36.4 Å². The van der Waals surface area contributed by atoms with Crippen molar-refractivity contribution in [3.8, 4) is 5.75 Å². The molecule has 1 heterocycles. The third kappa shape index (κ3) is 4.45. The minimum absolute atomic E-state index is 0.0199. The van der Waals surface area contributed by atoms with Gasteiger partial charge in [0.1, 0.15) is 5.75 Å². The van der Waals surface area contributed by atoms with E-state index in [4.69, 9.17) is 4.74 Å². The summed E-state index contributed by atoms with van der Waals surface area (Å²) in [5.74, 6) is 0.594. The number of anilines is 1. The van der Waals surface area contributed by atoms with Crippen molar-refractivity contribution >= 4 is 17.5 Å². The first-order valence-corrected chi connectivity index (χ1v) is 10.5. The number of carbonyl (C=O) groups excluding carboxylic acids is 2. The highest BCUT2D eigenvalue weighted by molar-refractivity contribution is 6.05. The van der Waals surface area contributed by atoms with E-state index in [2.05, 4.69) is 5.32 Å². The van der Waals surface area contributed by atoms with Crippen LogP contribution < -0.4 is 10.1 Å². The van der Waals surface area contributed by atoms with Gasteiger partial charge < -0.3 is 15.0 Å². The Balaban J connectivity index is 1.55. The van der Waals surface area contributed by atoms with Crippen molar-refractivity contribution in [2.24, 2.45) is 0 Å². The second-order valence-corrected chi connectivity index (χ2v) is 7.78. The van der Waals surface area contributed by atoms with Gasteiger partial charge in [-0.25, -0.2) is 0 Å². The Labute approximate surface area is 182 Å². The molecule has 3 aromatic rings. The van der Waals surface area contributed by atoms with Crippen LogP contribution in [0.2, 0.25) is 0 Å². The molecule has 5 nitrogen and oxygen atoms in total. The van der Waals surface area contributed by atoms with Gasteiger partial charge in [-0.2, -0.15) is 0 Å². The van der Waals surface area contributed by atoms with E-state index in [0.717, 1.165) is 36.3 Å². The fourth-order valence-electron chi connectivity index (χ4n) is 4.02. The molecule has 0 radical (unpaired) electrons. The maximum Gasteiger partial charge on any atom is 0.255 e. The second-order valence-electron chi connectivity index (χ2n) is 7.78. The molecule has 31 heavy (non-hydrogen) atoms. The van der Waals surface area contributed by atoms with Gasteiger partial charge in [0.25, 0.3) is 11.8 Å². The molecule has 1 atom stereocenters. The number of ether oxygens (including phenoxy) is 1. The molecule has 1 aliphatic heterocycles. The van der Waals surface area contributed by atoms with Crippen molar-refractivity contribution in [1.29, 1.82) is 0 Å². The number of hydrogen-bond donors (Lipinski definition) is 1. The summed E-state index contributed by atoms with van der Waals surface area (Å²) in [7, 11) is 1.64. The lowest BCUT2D eigenvalue weighted by atomic mass is 10.0. The van der Waals surface area contributed by atoms with E-state index in [0.29, 0.717) is 16.8 Å². The minimum atomic E-state index is -0.189. The van der Waals surface area contributed by atoms with Gasteiger partial charge >= 0.3 is 0 Å². The number of amides is 2. The van der Waals surface area contributed by atoms with Crippen molar-refractivity contribution in [2.75, 3.05) is 19.0 Å². The molecule has 4 rings (SSSR count). The lowest BCUT2D eigenvalue weighted by Crippen LogP contribution is -2.30. The zero-order valence-electron chi connectivity index (χ0n) is 17.8. The zero-order chi connectivity index (χ0) is 21.8. The number of hydrogen-bond acceptors (Lipinski definition) is 3.